The van der Waals surface area contributed by atoms with Crippen LogP contribution in [-0.2, 0) is 6.54 Å². The van der Waals surface area contributed by atoms with Gasteiger partial charge in [0.2, 0.25) is 0 Å². The maximum absolute atomic E-state index is 11.9. The Kier molecular flexibility index (Phi) is 3.91. The number of rotatable bonds is 3. The zero-order chi connectivity index (χ0) is 13.1. The first-order chi connectivity index (χ1) is 8.60. The minimum absolute atomic E-state index is 0.173. The number of benzene rings is 1. The molecule has 0 saturated heterocycles. The van der Waals surface area contributed by atoms with Crippen LogP contribution in [-0.4, -0.2) is 5.91 Å². The third kappa shape index (κ3) is 2.85. The molecule has 18 heavy (non-hydrogen) atoms. The number of carbonyl (C=O) groups is 1. The molecule has 94 valence electrons. The first-order valence-electron chi connectivity index (χ1n) is 5.15. The van der Waals surface area contributed by atoms with E-state index in [1.54, 1.807) is 30.3 Å². The van der Waals surface area contributed by atoms with Crippen LogP contribution in [0.2, 0.25) is 10.0 Å². The van der Waals surface area contributed by atoms with Gasteiger partial charge in [-0.05, 0) is 30.3 Å². The van der Waals surface area contributed by atoms with Crippen LogP contribution in [0.5, 0.6) is 0 Å². The number of carbonyl (C=O) groups excluding carboxylic acids is 1. The molecule has 1 amide bonds. The fourth-order valence-corrected chi connectivity index (χ4v) is 1.72. The smallest absolute Gasteiger partial charge is 0.291 e. The number of anilines is 1. The molecule has 3 N–H and O–H groups in total. The second-order valence-electron chi connectivity index (χ2n) is 3.55. The molecule has 0 aliphatic carbocycles. The van der Waals surface area contributed by atoms with Crippen molar-refractivity contribution in [2.24, 2.45) is 5.73 Å². The van der Waals surface area contributed by atoms with Gasteiger partial charge in [0.1, 0.15) is 5.76 Å². The maximum atomic E-state index is 11.9. The van der Waals surface area contributed by atoms with Crippen LogP contribution in [0.4, 0.5) is 5.69 Å². The lowest BCUT2D eigenvalue weighted by Gasteiger charge is -2.05. The summed E-state index contributed by atoms with van der Waals surface area (Å²) in [5, 5.41) is 3.50. The number of halogens is 2. The molecule has 0 spiro atoms. The zero-order valence-electron chi connectivity index (χ0n) is 9.24. The molecule has 0 atom stereocenters. The summed E-state index contributed by atoms with van der Waals surface area (Å²) < 4.78 is 5.22. The van der Waals surface area contributed by atoms with E-state index in [1.165, 1.54) is 0 Å². The molecular weight excluding hydrogens is 275 g/mol. The molecule has 6 heteroatoms. The highest BCUT2D eigenvalue weighted by Gasteiger charge is 2.12. The second kappa shape index (κ2) is 5.44. The molecule has 0 bridgehead atoms. The van der Waals surface area contributed by atoms with E-state index in [-0.39, 0.29) is 12.3 Å². The molecule has 0 aliphatic rings. The predicted octanol–water partition coefficient (Wildman–Crippen LogP) is 3.30. The van der Waals surface area contributed by atoms with Gasteiger partial charge < -0.3 is 15.5 Å². The lowest BCUT2D eigenvalue weighted by Crippen LogP contribution is -2.11. The second-order valence-corrected chi connectivity index (χ2v) is 4.39. The van der Waals surface area contributed by atoms with Crippen molar-refractivity contribution >= 4 is 34.8 Å². The van der Waals surface area contributed by atoms with Crippen molar-refractivity contribution in [3.8, 4) is 0 Å². The predicted molar refractivity (Wildman–Crippen MR) is 71.0 cm³/mol. The molecule has 1 aromatic heterocycles. The Morgan fingerprint density at radius 2 is 2.06 bits per heavy atom. The third-order valence-corrected chi connectivity index (χ3v) is 2.83. The number of furan rings is 1. The Balaban J connectivity index is 2.18. The molecular formula is C12H10Cl2N2O2. The van der Waals surface area contributed by atoms with Crippen molar-refractivity contribution < 1.29 is 9.21 Å². The minimum Gasteiger partial charge on any atom is -0.455 e. The number of nitrogens with one attached hydrogen (secondary N) is 1. The molecule has 2 rings (SSSR count). The molecule has 0 aliphatic heterocycles. The number of hydrogen-bond donors (Lipinski definition) is 2. The summed E-state index contributed by atoms with van der Waals surface area (Å²) in [6, 6.07) is 8.00. The summed E-state index contributed by atoms with van der Waals surface area (Å²) in [6.45, 7) is 0.241. The average Bonchev–Trinajstić information content (AvgIpc) is 2.82. The van der Waals surface area contributed by atoms with Gasteiger partial charge in [-0.1, -0.05) is 23.2 Å². The lowest BCUT2D eigenvalue weighted by molar-refractivity contribution is 0.0995. The van der Waals surface area contributed by atoms with Crippen molar-refractivity contribution in [3.63, 3.8) is 0 Å². The Morgan fingerprint density at radius 1 is 1.28 bits per heavy atom. The normalized spacial score (nSPS) is 10.4. The van der Waals surface area contributed by atoms with E-state index in [9.17, 15) is 4.79 Å². The molecule has 0 unspecified atom stereocenters. The molecule has 0 fully saturated rings. The monoisotopic (exact) mass is 284 g/mol. The van der Waals surface area contributed by atoms with Crippen molar-refractivity contribution in [3.05, 3.63) is 51.9 Å². The third-order valence-electron chi connectivity index (χ3n) is 2.26. The Hall–Kier alpha value is -1.49. The first-order valence-corrected chi connectivity index (χ1v) is 5.91. The van der Waals surface area contributed by atoms with Crippen LogP contribution in [0.15, 0.2) is 34.7 Å². The van der Waals surface area contributed by atoms with Crippen molar-refractivity contribution in [2.45, 2.75) is 6.54 Å². The van der Waals surface area contributed by atoms with Gasteiger partial charge >= 0.3 is 0 Å². The van der Waals surface area contributed by atoms with E-state index in [2.05, 4.69) is 5.32 Å². The van der Waals surface area contributed by atoms with Gasteiger partial charge in [0.05, 0.1) is 17.3 Å². The highest BCUT2D eigenvalue weighted by Crippen LogP contribution is 2.26. The molecule has 4 nitrogen and oxygen atoms in total. The Labute approximate surface area is 114 Å². The maximum Gasteiger partial charge on any atom is 0.291 e. The minimum atomic E-state index is -0.404. The standard InChI is InChI=1S/C12H10Cl2N2O2/c13-7-1-3-9(14)10(5-7)16-12(17)11-4-2-8(6-15)18-11/h1-5H,6,15H2,(H,16,17). The van der Waals surface area contributed by atoms with E-state index in [0.717, 1.165) is 0 Å². The number of amides is 1. The summed E-state index contributed by atoms with van der Waals surface area (Å²) in [7, 11) is 0. The van der Waals surface area contributed by atoms with E-state index < -0.39 is 5.91 Å². The summed E-state index contributed by atoms with van der Waals surface area (Å²) in [4.78, 5) is 11.9. The van der Waals surface area contributed by atoms with Crippen LogP contribution in [0.25, 0.3) is 0 Å². The van der Waals surface area contributed by atoms with Crippen LogP contribution < -0.4 is 11.1 Å². The van der Waals surface area contributed by atoms with E-state index >= 15 is 0 Å². The molecule has 1 heterocycles. The van der Waals surface area contributed by atoms with Gasteiger partial charge in [0, 0.05) is 5.02 Å². The van der Waals surface area contributed by atoms with E-state index in [1.807, 2.05) is 0 Å². The largest absolute Gasteiger partial charge is 0.455 e. The summed E-state index contributed by atoms with van der Waals surface area (Å²) in [5.74, 6) is 0.308. The van der Waals surface area contributed by atoms with Gasteiger partial charge in [-0.25, -0.2) is 0 Å². The van der Waals surface area contributed by atoms with Gasteiger partial charge in [-0.2, -0.15) is 0 Å². The quantitative estimate of drug-likeness (QED) is 0.909. The fourth-order valence-electron chi connectivity index (χ4n) is 1.39. The van der Waals surface area contributed by atoms with E-state index in [0.29, 0.717) is 21.5 Å². The van der Waals surface area contributed by atoms with Gasteiger partial charge in [-0.3, -0.25) is 4.79 Å². The highest BCUT2D eigenvalue weighted by atomic mass is 35.5. The molecule has 0 radical (unpaired) electrons. The fraction of sp³-hybridized carbons (Fsp3) is 0.0833. The molecule has 0 saturated carbocycles. The number of nitrogens with two attached hydrogens (primary N) is 1. The average molecular weight is 285 g/mol. The summed E-state index contributed by atoms with van der Waals surface area (Å²) >= 11 is 11.8. The van der Waals surface area contributed by atoms with Gasteiger partial charge in [0.15, 0.2) is 5.76 Å². The van der Waals surface area contributed by atoms with Crippen molar-refractivity contribution in [1.29, 1.82) is 0 Å². The van der Waals surface area contributed by atoms with Crippen LogP contribution in [0.1, 0.15) is 16.3 Å². The Morgan fingerprint density at radius 3 is 2.72 bits per heavy atom. The van der Waals surface area contributed by atoms with Crippen LogP contribution in [0, 0.1) is 0 Å². The molecule has 2 aromatic rings. The summed E-state index contributed by atoms with van der Waals surface area (Å²) in [6.07, 6.45) is 0. The van der Waals surface area contributed by atoms with Crippen molar-refractivity contribution in [1.82, 2.24) is 0 Å². The van der Waals surface area contributed by atoms with Crippen LogP contribution in [0.3, 0.4) is 0 Å². The Bertz CT molecular complexity index is 581. The summed E-state index contributed by atoms with van der Waals surface area (Å²) in [5.41, 5.74) is 5.83. The SMILES string of the molecule is NCc1ccc(C(=O)Nc2cc(Cl)ccc2Cl)o1. The first kappa shape index (κ1) is 13.0. The topological polar surface area (TPSA) is 68.3 Å². The van der Waals surface area contributed by atoms with Crippen LogP contribution >= 0.6 is 23.2 Å². The van der Waals surface area contributed by atoms with E-state index in [4.69, 9.17) is 33.4 Å². The zero-order valence-corrected chi connectivity index (χ0v) is 10.8. The lowest BCUT2D eigenvalue weighted by atomic mass is 10.3. The van der Waals surface area contributed by atoms with Crippen molar-refractivity contribution in [2.75, 3.05) is 5.32 Å². The highest BCUT2D eigenvalue weighted by molar-refractivity contribution is 6.35. The number of hydrogen-bond acceptors (Lipinski definition) is 3. The molecule has 1 aromatic carbocycles. The van der Waals surface area contributed by atoms with Gasteiger partial charge in [-0.15, -0.1) is 0 Å². The van der Waals surface area contributed by atoms with Gasteiger partial charge in [0.25, 0.3) is 5.91 Å².